The lowest BCUT2D eigenvalue weighted by atomic mass is 10.1. The number of carbonyl (C=O) groups is 1. The number of carbonyl (C=O) groups excluding carboxylic acids is 1. The Hall–Kier alpha value is -1.39. The monoisotopic (exact) mass is 294 g/mol. The minimum atomic E-state index is -0.334. The first-order chi connectivity index (χ1) is 10.2. The number of aliphatic hydroxyl groups is 1. The van der Waals surface area contributed by atoms with Gasteiger partial charge in [0.15, 0.2) is 0 Å². The SMILES string of the molecule is COCC[C@H](O)CCCCC(=O)OCCc1ccccc1. The molecule has 0 amide bonds. The van der Waals surface area contributed by atoms with Crippen molar-refractivity contribution < 1.29 is 19.4 Å². The zero-order valence-electron chi connectivity index (χ0n) is 12.8. The molecule has 1 rings (SSSR count). The Labute approximate surface area is 127 Å². The predicted molar refractivity (Wildman–Crippen MR) is 82.1 cm³/mol. The molecular weight excluding hydrogens is 268 g/mol. The highest BCUT2D eigenvalue weighted by Crippen LogP contribution is 2.08. The van der Waals surface area contributed by atoms with E-state index < -0.39 is 0 Å². The highest BCUT2D eigenvalue weighted by Gasteiger charge is 2.06. The molecule has 1 aromatic carbocycles. The van der Waals surface area contributed by atoms with Crippen molar-refractivity contribution in [3.63, 3.8) is 0 Å². The van der Waals surface area contributed by atoms with E-state index in [2.05, 4.69) is 0 Å². The molecule has 1 atom stereocenters. The number of rotatable bonds is 11. The van der Waals surface area contributed by atoms with E-state index in [0.717, 1.165) is 19.3 Å². The van der Waals surface area contributed by atoms with Gasteiger partial charge in [-0.2, -0.15) is 0 Å². The Kier molecular flexibility index (Phi) is 9.49. The van der Waals surface area contributed by atoms with Gasteiger partial charge in [-0.25, -0.2) is 0 Å². The Morgan fingerprint density at radius 2 is 1.90 bits per heavy atom. The van der Waals surface area contributed by atoms with Gasteiger partial charge in [-0.05, 0) is 24.8 Å². The molecule has 0 fully saturated rings. The molecule has 0 spiro atoms. The van der Waals surface area contributed by atoms with Gasteiger partial charge in [0.25, 0.3) is 0 Å². The molecule has 0 heterocycles. The third-order valence-electron chi connectivity index (χ3n) is 3.32. The van der Waals surface area contributed by atoms with Crippen LogP contribution < -0.4 is 0 Å². The van der Waals surface area contributed by atoms with Crippen LogP contribution in [0.1, 0.15) is 37.7 Å². The van der Waals surface area contributed by atoms with Crippen LogP contribution in [0.2, 0.25) is 0 Å². The van der Waals surface area contributed by atoms with Crippen LogP contribution in [-0.4, -0.2) is 37.5 Å². The van der Waals surface area contributed by atoms with Crippen molar-refractivity contribution >= 4 is 5.97 Å². The molecule has 0 saturated heterocycles. The molecule has 0 unspecified atom stereocenters. The number of unbranched alkanes of at least 4 members (excludes halogenated alkanes) is 1. The average Bonchev–Trinajstić information content (AvgIpc) is 2.50. The van der Waals surface area contributed by atoms with Gasteiger partial charge >= 0.3 is 5.97 Å². The second-order valence-electron chi connectivity index (χ2n) is 5.14. The van der Waals surface area contributed by atoms with E-state index in [9.17, 15) is 9.90 Å². The molecule has 0 aliphatic carbocycles. The maximum Gasteiger partial charge on any atom is 0.305 e. The molecule has 0 radical (unpaired) electrons. The fourth-order valence-corrected chi connectivity index (χ4v) is 2.05. The van der Waals surface area contributed by atoms with Crippen LogP contribution in [0.3, 0.4) is 0 Å². The Morgan fingerprint density at radius 3 is 2.62 bits per heavy atom. The number of hydrogen-bond acceptors (Lipinski definition) is 4. The van der Waals surface area contributed by atoms with Crippen molar-refractivity contribution in [1.29, 1.82) is 0 Å². The molecule has 118 valence electrons. The van der Waals surface area contributed by atoms with Crippen LogP contribution in [0.4, 0.5) is 0 Å². The lowest BCUT2D eigenvalue weighted by molar-refractivity contribution is -0.143. The third-order valence-corrected chi connectivity index (χ3v) is 3.32. The molecule has 0 saturated carbocycles. The van der Waals surface area contributed by atoms with Crippen molar-refractivity contribution in [2.75, 3.05) is 20.3 Å². The summed E-state index contributed by atoms with van der Waals surface area (Å²) in [5, 5.41) is 9.62. The van der Waals surface area contributed by atoms with E-state index in [0.29, 0.717) is 32.5 Å². The summed E-state index contributed by atoms with van der Waals surface area (Å²) in [4.78, 5) is 11.5. The quantitative estimate of drug-likeness (QED) is 0.503. The minimum Gasteiger partial charge on any atom is -0.465 e. The first-order valence-electron chi connectivity index (χ1n) is 7.59. The summed E-state index contributed by atoms with van der Waals surface area (Å²) in [5.41, 5.74) is 1.17. The summed E-state index contributed by atoms with van der Waals surface area (Å²) in [5.74, 6) is -0.155. The molecule has 0 aliphatic heterocycles. The lowest BCUT2D eigenvalue weighted by Crippen LogP contribution is -2.11. The van der Waals surface area contributed by atoms with Gasteiger partial charge in [-0.15, -0.1) is 0 Å². The number of esters is 1. The average molecular weight is 294 g/mol. The van der Waals surface area contributed by atoms with Crippen LogP contribution >= 0.6 is 0 Å². The molecule has 1 aromatic rings. The number of hydrogen-bond donors (Lipinski definition) is 1. The van der Waals surface area contributed by atoms with Crippen molar-refractivity contribution in [3.8, 4) is 0 Å². The van der Waals surface area contributed by atoms with Crippen molar-refractivity contribution in [3.05, 3.63) is 35.9 Å². The summed E-state index contributed by atoms with van der Waals surface area (Å²) >= 11 is 0. The van der Waals surface area contributed by atoms with Crippen molar-refractivity contribution in [1.82, 2.24) is 0 Å². The maximum absolute atomic E-state index is 11.5. The molecule has 4 heteroatoms. The predicted octanol–water partition coefficient (Wildman–Crippen LogP) is 2.73. The second-order valence-corrected chi connectivity index (χ2v) is 5.14. The summed E-state index contributed by atoms with van der Waals surface area (Å²) in [6.45, 7) is 1.00. The Balaban J connectivity index is 1.99. The van der Waals surface area contributed by atoms with E-state index in [1.807, 2.05) is 30.3 Å². The topological polar surface area (TPSA) is 55.8 Å². The minimum absolute atomic E-state index is 0.155. The smallest absolute Gasteiger partial charge is 0.305 e. The lowest BCUT2D eigenvalue weighted by Gasteiger charge is -2.09. The van der Waals surface area contributed by atoms with E-state index in [1.165, 1.54) is 5.56 Å². The van der Waals surface area contributed by atoms with Crippen LogP contribution in [0.25, 0.3) is 0 Å². The first-order valence-corrected chi connectivity index (χ1v) is 7.59. The number of ether oxygens (including phenoxy) is 2. The summed E-state index contributed by atoms with van der Waals surface area (Å²) < 4.78 is 10.1. The highest BCUT2D eigenvalue weighted by atomic mass is 16.5. The van der Waals surface area contributed by atoms with Crippen LogP contribution in [0.15, 0.2) is 30.3 Å². The Morgan fingerprint density at radius 1 is 1.14 bits per heavy atom. The van der Waals surface area contributed by atoms with Gasteiger partial charge in [-0.3, -0.25) is 4.79 Å². The van der Waals surface area contributed by atoms with Crippen LogP contribution in [0, 0.1) is 0 Å². The number of benzene rings is 1. The number of aliphatic hydroxyl groups excluding tert-OH is 1. The maximum atomic E-state index is 11.5. The molecule has 0 aliphatic rings. The normalized spacial score (nSPS) is 12.1. The Bertz CT molecular complexity index is 378. The van der Waals surface area contributed by atoms with E-state index >= 15 is 0 Å². The zero-order valence-corrected chi connectivity index (χ0v) is 12.8. The third kappa shape index (κ3) is 9.21. The molecule has 4 nitrogen and oxygen atoms in total. The van der Waals surface area contributed by atoms with Crippen LogP contribution in [0.5, 0.6) is 0 Å². The number of methoxy groups -OCH3 is 1. The summed E-state index contributed by atoms with van der Waals surface area (Å²) in [7, 11) is 1.62. The van der Waals surface area contributed by atoms with Gasteiger partial charge in [0.05, 0.1) is 12.7 Å². The standard InChI is InChI=1S/C17H26O4/c1-20-13-12-16(18)9-5-6-10-17(19)21-14-11-15-7-3-2-4-8-15/h2-4,7-8,16,18H,5-6,9-14H2,1H3/t16-/m1/s1. The van der Waals surface area contributed by atoms with Crippen LogP contribution in [-0.2, 0) is 20.7 Å². The fourth-order valence-electron chi connectivity index (χ4n) is 2.05. The molecule has 0 bridgehead atoms. The second kappa shape index (κ2) is 11.3. The van der Waals surface area contributed by atoms with Gasteiger partial charge in [0.1, 0.15) is 0 Å². The van der Waals surface area contributed by atoms with E-state index in [4.69, 9.17) is 9.47 Å². The summed E-state index contributed by atoms with van der Waals surface area (Å²) in [6, 6.07) is 9.97. The van der Waals surface area contributed by atoms with Gasteiger partial charge < -0.3 is 14.6 Å². The van der Waals surface area contributed by atoms with E-state index in [-0.39, 0.29) is 12.1 Å². The largest absolute Gasteiger partial charge is 0.465 e. The van der Waals surface area contributed by atoms with Crippen molar-refractivity contribution in [2.45, 2.75) is 44.6 Å². The van der Waals surface area contributed by atoms with Gasteiger partial charge in [-0.1, -0.05) is 36.8 Å². The van der Waals surface area contributed by atoms with Crippen molar-refractivity contribution in [2.24, 2.45) is 0 Å². The molecule has 1 N–H and O–H groups in total. The van der Waals surface area contributed by atoms with Gasteiger partial charge in [0.2, 0.25) is 0 Å². The molecule has 21 heavy (non-hydrogen) atoms. The summed E-state index contributed by atoms with van der Waals surface area (Å²) in [6.07, 6.45) is 3.79. The fraction of sp³-hybridized carbons (Fsp3) is 0.588. The first kappa shape index (κ1) is 17.7. The molecular formula is C17H26O4. The van der Waals surface area contributed by atoms with Gasteiger partial charge in [0, 0.05) is 26.6 Å². The van der Waals surface area contributed by atoms with E-state index in [1.54, 1.807) is 7.11 Å². The highest BCUT2D eigenvalue weighted by molar-refractivity contribution is 5.69. The zero-order chi connectivity index (χ0) is 15.3. The molecule has 0 aromatic heterocycles.